The molecule has 3 aliphatic rings. The van der Waals surface area contributed by atoms with Crippen molar-refractivity contribution in [3.05, 3.63) is 75.5 Å². The average Bonchev–Trinajstić information content (AvgIpc) is 3.14. The van der Waals surface area contributed by atoms with Crippen LogP contribution in [-0.4, -0.2) is 84.5 Å². The number of pyridine rings is 1. The van der Waals surface area contributed by atoms with Crippen LogP contribution in [0.3, 0.4) is 0 Å². The minimum absolute atomic E-state index is 0.0194. The average molecular weight is 701 g/mol. The lowest BCUT2D eigenvalue weighted by Crippen LogP contribution is -2.48. The van der Waals surface area contributed by atoms with Crippen molar-refractivity contribution in [1.82, 2.24) is 19.7 Å². The molecule has 2 aromatic carbocycles. The van der Waals surface area contributed by atoms with E-state index in [1.807, 2.05) is 49.2 Å². The number of nitrogens with zero attached hydrogens (tertiary/aromatic N) is 4. The van der Waals surface area contributed by atoms with Gasteiger partial charge in [-0.1, -0.05) is 0 Å². The second-order valence-electron chi connectivity index (χ2n) is 14.3. The largest absolute Gasteiger partial charge is 0.496 e. The van der Waals surface area contributed by atoms with Gasteiger partial charge in [-0.25, -0.2) is 4.39 Å². The zero-order valence-corrected chi connectivity index (χ0v) is 30.3. The third kappa shape index (κ3) is 7.80. The number of carbonyl (C=O) groups is 3. The summed E-state index contributed by atoms with van der Waals surface area (Å²) < 4.78 is 22.9. The molecular formula is C39H49FN6O5. The fourth-order valence-corrected chi connectivity index (χ4v) is 7.71. The third-order valence-corrected chi connectivity index (χ3v) is 11.1. The molecule has 3 aromatic rings. The summed E-state index contributed by atoms with van der Waals surface area (Å²) >= 11 is 0. The molecule has 4 heterocycles. The van der Waals surface area contributed by atoms with E-state index >= 15 is 4.39 Å². The number of carbonyl (C=O) groups excluding carboxylic acids is 3. The third-order valence-electron chi connectivity index (χ3n) is 11.1. The molecule has 2 N–H and O–H groups in total. The number of amides is 3. The van der Waals surface area contributed by atoms with Crippen molar-refractivity contribution >= 4 is 29.1 Å². The van der Waals surface area contributed by atoms with Gasteiger partial charge < -0.3 is 24.4 Å². The Hall–Kier alpha value is -4.71. The van der Waals surface area contributed by atoms with Gasteiger partial charge in [0.05, 0.1) is 7.11 Å². The molecule has 0 spiro atoms. The Kier molecular flexibility index (Phi) is 10.8. The van der Waals surface area contributed by atoms with Gasteiger partial charge in [-0.2, -0.15) is 0 Å². The number of rotatable bonds is 9. The minimum atomic E-state index is -0.419. The highest BCUT2D eigenvalue weighted by atomic mass is 19.1. The molecule has 1 unspecified atom stereocenters. The van der Waals surface area contributed by atoms with Gasteiger partial charge in [0.15, 0.2) is 0 Å². The number of methoxy groups -OCH3 is 1. The first kappa shape index (κ1) is 36.1. The summed E-state index contributed by atoms with van der Waals surface area (Å²) in [5.41, 5.74) is 5.29. The summed E-state index contributed by atoms with van der Waals surface area (Å²) in [5.74, 6) is -0.197. The second kappa shape index (κ2) is 15.3. The number of aryl methyl sites for hydroxylation is 1. The number of hydrogen-bond donors (Lipinski definition) is 2. The Morgan fingerprint density at radius 2 is 1.67 bits per heavy atom. The van der Waals surface area contributed by atoms with Crippen LogP contribution >= 0.6 is 0 Å². The number of benzene rings is 2. The Morgan fingerprint density at radius 3 is 2.31 bits per heavy atom. The van der Waals surface area contributed by atoms with Crippen LogP contribution in [0.25, 0.3) is 11.1 Å². The molecule has 0 radical (unpaired) electrons. The maximum Gasteiger partial charge on any atom is 0.253 e. The molecule has 3 amide bonds. The van der Waals surface area contributed by atoms with Crippen LogP contribution < -0.4 is 25.8 Å². The maximum absolute atomic E-state index is 15.7. The molecule has 3 fully saturated rings. The molecule has 51 heavy (non-hydrogen) atoms. The second-order valence-corrected chi connectivity index (χ2v) is 14.3. The van der Waals surface area contributed by atoms with Crippen LogP contribution in [0.15, 0.2) is 47.4 Å². The molecule has 1 atom stereocenters. The fraction of sp³-hybridized carbons (Fsp3) is 0.487. The van der Waals surface area contributed by atoms with E-state index in [1.165, 1.54) is 10.6 Å². The highest BCUT2D eigenvalue weighted by molar-refractivity contribution is 6.01. The Morgan fingerprint density at radius 1 is 0.980 bits per heavy atom. The molecule has 0 aliphatic carbocycles. The van der Waals surface area contributed by atoms with Crippen molar-refractivity contribution in [1.29, 1.82) is 0 Å². The normalized spacial score (nSPS) is 19.2. The van der Waals surface area contributed by atoms with E-state index in [0.29, 0.717) is 41.8 Å². The Bertz CT molecular complexity index is 1840. The number of ether oxygens (including phenoxy) is 1. The van der Waals surface area contributed by atoms with Gasteiger partial charge >= 0.3 is 0 Å². The first-order chi connectivity index (χ1) is 24.4. The SMILES string of the molecule is COc1cc(-c2cn(C)c(=O)c(C)c2C)cc(F)c1CN1CCC(N(C)C(=O)C2CCN(c3ccc(NC4CCC(=O)NC4=O)cc3)CC2)CC1. The maximum atomic E-state index is 15.7. The van der Waals surface area contributed by atoms with Gasteiger partial charge in [0, 0.05) is 99.5 Å². The van der Waals surface area contributed by atoms with Crippen molar-refractivity contribution in [2.75, 3.05) is 50.6 Å². The topological polar surface area (TPSA) is 116 Å². The van der Waals surface area contributed by atoms with Gasteiger partial charge in [0.1, 0.15) is 17.6 Å². The van der Waals surface area contributed by atoms with Crippen LogP contribution in [0.1, 0.15) is 55.2 Å². The van der Waals surface area contributed by atoms with Crippen LogP contribution in [0.2, 0.25) is 0 Å². The standard InChI is InChI=1S/C39H49FN6O5/c1-24-25(2)38(49)43(3)22-31(24)27-20-33(40)32(35(21-27)51-5)23-45-16-14-29(15-17-45)44(4)39(50)26-12-18-46(19-13-26)30-8-6-28(7-9-30)41-34-10-11-36(47)42-37(34)48/h6-9,20-22,26,29,34,41H,10-19,23H2,1-5H3,(H,42,47,48). The van der Waals surface area contributed by atoms with E-state index in [1.54, 1.807) is 27.3 Å². The summed E-state index contributed by atoms with van der Waals surface area (Å²) in [6.07, 6.45) is 5.76. The lowest BCUT2D eigenvalue weighted by atomic mass is 9.93. The van der Waals surface area contributed by atoms with Crippen LogP contribution in [0.4, 0.5) is 15.8 Å². The van der Waals surface area contributed by atoms with Gasteiger partial charge in [-0.3, -0.25) is 29.4 Å². The number of halogens is 1. The molecule has 3 saturated heterocycles. The summed E-state index contributed by atoms with van der Waals surface area (Å²) in [4.78, 5) is 55.9. The number of nitrogens with one attached hydrogen (secondary N) is 2. The monoisotopic (exact) mass is 700 g/mol. The molecule has 11 nitrogen and oxygen atoms in total. The first-order valence-electron chi connectivity index (χ1n) is 17.9. The zero-order valence-electron chi connectivity index (χ0n) is 30.3. The van der Waals surface area contributed by atoms with Gasteiger partial charge in [0.2, 0.25) is 17.7 Å². The van der Waals surface area contributed by atoms with E-state index in [9.17, 15) is 19.2 Å². The van der Waals surface area contributed by atoms with E-state index in [0.717, 1.165) is 74.4 Å². The molecule has 1 aromatic heterocycles. The van der Waals surface area contributed by atoms with Crippen molar-refractivity contribution in [3.63, 3.8) is 0 Å². The highest BCUT2D eigenvalue weighted by Crippen LogP contribution is 2.34. The summed E-state index contributed by atoms with van der Waals surface area (Å²) in [5, 5.41) is 5.59. The summed E-state index contributed by atoms with van der Waals surface area (Å²) in [7, 11) is 5.18. The van der Waals surface area contributed by atoms with Gasteiger partial charge in [0.25, 0.3) is 5.56 Å². The lowest BCUT2D eigenvalue weighted by Gasteiger charge is -2.40. The number of imide groups is 1. The Labute approximate surface area is 298 Å². The fourth-order valence-electron chi connectivity index (χ4n) is 7.71. The quantitative estimate of drug-likeness (QED) is 0.317. The van der Waals surface area contributed by atoms with Crippen molar-refractivity contribution in [2.45, 2.75) is 71.0 Å². The minimum Gasteiger partial charge on any atom is -0.496 e. The summed E-state index contributed by atoms with van der Waals surface area (Å²) in [6, 6.07) is 11.1. The number of piperidine rings is 3. The van der Waals surface area contributed by atoms with Gasteiger partial charge in [-0.05, 0) is 93.5 Å². The molecular weight excluding hydrogens is 651 g/mol. The number of likely N-dealkylation sites (tertiary alicyclic amines) is 1. The van der Waals surface area contributed by atoms with E-state index in [-0.39, 0.29) is 41.1 Å². The molecule has 272 valence electrons. The predicted octanol–water partition coefficient (Wildman–Crippen LogP) is 4.37. The zero-order chi connectivity index (χ0) is 36.4. The van der Waals surface area contributed by atoms with Gasteiger partial charge in [-0.15, -0.1) is 0 Å². The molecule has 12 heteroatoms. The van der Waals surface area contributed by atoms with E-state index in [2.05, 4.69) is 20.4 Å². The van der Waals surface area contributed by atoms with Crippen molar-refractivity contribution in [3.8, 4) is 16.9 Å². The smallest absolute Gasteiger partial charge is 0.253 e. The number of hydrogen-bond acceptors (Lipinski definition) is 8. The highest BCUT2D eigenvalue weighted by Gasteiger charge is 2.33. The first-order valence-corrected chi connectivity index (χ1v) is 17.9. The number of anilines is 2. The molecule has 0 bridgehead atoms. The van der Waals surface area contributed by atoms with Crippen molar-refractivity contribution < 1.29 is 23.5 Å². The van der Waals surface area contributed by atoms with E-state index < -0.39 is 6.04 Å². The summed E-state index contributed by atoms with van der Waals surface area (Å²) in [6.45, 7) is 7.16. The van der Waals surface area contributed by atoms with Crippen LogP contribution in [0.5, 0.6) is 5.75 Å². The van der Waals surface area contributed by atoms with Crippen LogP contribution in [-0.2, 0) is 28.0 Å². The van der Waals surface area contributed by atoms with Crippen LogP contribution in [0, 0.1) is 25.6 Å². The number of aromatic nitrogens is 1. The molecule has 3 aliphatic heterocycles. The molecule has 6 rings (SSSR count). The van der Waals surface area contributed by atoms with E-state index in [4.69, 9.17) is 4.74 Å². The predicted molar refractivity (Wildman–Crippen MR) is 195 cm³/mol. The molecule has 0 saturated carbocycles. The van der Waals surface area contributed by atoms with Crippen molar-refractivity contribution in [2.24, 2.45) is 13.0 Å². The lowest BCUT2D eigenvalue weighted by molar-refractivity contribution is -0.138. The Balaban J connectivity index is 0.991.